The first-order valence-electron chi connectivity index (χ1n) is 5.95. The Morgan fingerprint density at radius 1 is 1.33 bits per heavy atom. The number of hydrogen-bond donors (Lipinski definition) is 1. The topological polar surface area (TPSA) is 41.5 Å². The van der Waals surface area contributed by atoms with E-state index in [1.54, 1.807) is 18.2 Å². The number of nitrogens with zero attached hydrogens (tertiary/aromatic N) is 1. The highest BCUT2D eigenvalue weighted by atomic mass is 35.5. The fraction of sp³-hybridized carbons (Fsp3) is 0.385. The molecule has 0 atom stereocenters. The highest BCUT2D eigenvalue weighted by molar-refractivity contribution is 6.36. The number of rotatable bonds is 3. The molecule has 1 aromatic carbocycles. The van der Waals surface area contributed by atoms with E-state index < -0.39 is 0 Å². The maximum Gasteiger partial charge on any atom is 0.272 e. The van der Waals surface area contributed by atoms with Crippen LogP contribution in [0.3, 0.4) is 0 Å². The standard InChI is InChI=1S/C13H14Cl2N2O/c14-10-5-6-11(12(15)7-10)13(18)17-16-8-9-3-1-2-4-9/h5-9H,1-4H2,(H,17,18)/b16-8-. The van der Waals surface area contributed by atoms with Crippen LogP contribution >= 0.6 is 23.2 Å². The zero-order valence-corrected chi connectivity index (χ0v) is 11.3. The number of amides is 1. The lowest BCUT2D eigenvalue weighted by molar-refractivity contribution is 0.0955. The summed E-state index contributed by atoms with van der Waals surface area (Å²) < 4.78 is 0. The second-order valence-corrected chi connectivity index (χ2v) is 5.23. The van der Waals surface area contributed by atoms with Crippen molar-refractivity contribution >= 4 is 35.3 Å². The number of benzene rings is 1. The molecule has 0 saturated heterocycles. The van der Waals surface area contributed by atoms with Gasteiger partial charge >= 0.3 is 0 Å². The van der Waals surface area contributed by atoms with Crippen molar-refractivity contribution in [2.24, 2.45) is 11.0 Å². The summed E-state index contributed by atoms with van der Waals surface area (Å²) in [7, 11) is 0. The van der Waals surface area contributed by atoms with Crippen molar-refractivity contribution in [3.8, 4) is 0 Å². The fourth-order valence-electron chi connectivity index (χ4n) is 2.04. The number of halogens is 2. The van der Waals surface area contributed by atoms with Gasteiger partial charge in [-0.25, -0.2) is 5.43 Å². The van der Waals surface area contributed by atoms with Crippen molar-refractivity contribution in [2.45, 2.75) is 25.7 Å². The van der Waals surface area contributed by atoms with Crippen LogP contribution in [0.25, 0.3) is 0 Å². The molecule has 3 nitrogen and oxygen atoms in total. The normalized spacial score (nSPS) is 16.3. The molecule has 1 aromatic rings. The van der Waals surface area contributed by atoms with Crippen LogP contribution in [0.15, 0.2) is 23.3 Å². The number of carbonyl (C=O) groups is 1. The second kappa shape index (κ2) is 6.21. The Hall–Kier alpha value is -1.06. The van der Waals surface area contributed by atoms with Gasteiger partial charge in [-0.2, -0.15) is 5.10 Å². The molecule has 0 heterocycles. The maximum atomic E-state index is 11.8. The van der Waals surface area contributed by atoms with Gasteiger partial charge < -0.3 is 0 Å². The lowest BCUT2D eigenvalue weighted by atomic mass is 10.1. The third-order valence-corrected chi connectivity index (χ3v) is 3.57. The van der Waals surface area contributed by atoms with Crippen molar-refractivity contribution < 1.29 is 4.79 Å². The van der Waals surface area contributed by atoms with E-state index in [0.29, 0.717) is 21.5 Å². The lowest BCUT2D eigenvalue weighted by Crippen LogP contribution is -2.18. The van der Waals surface area contributed by atoms with Crippen LogP contribution in [0.5, 0.6) is 0 Å². The SMILES string of the molecule is O=C(N/N=C\C1CCCC1)c1ccc(Cl)cc1Cl. The predicted octanol–water partition coefficient (Wildman–Crippen LogP) is 3.90. The second-order valence-electron chi connectivity index (χ2n) is 4.39. The van der Waals surface area contributed by atoms with Crippen molar-refractivity contribution in [2.75, 3.05) is 0 Å². The molecule has 0 bridgehead atoms. The van der Waals surface area contributed by atoms with Gasteiger partial charge in [0.15, 0.2) is 0 Å². The Morgan fingerprint density at radius 3 is 2.72 bits per heavy atom. The number of hydrazone groups is 1. The number of hydrogen-bond acceptors (Lipinski definition) is 2. The zero-order chi connectivity index (χ0) is 13.0. The predicted molar refractivity (Wildman–Crippen MR) is 74.4 cm³/mol. The molecule has 1 amide bonds. The van der Waals surface area contributed by atoms with Gasteiger partial charge in [-0.05, 0) is 37.0 Å². The molecule has 1 saturated carbocycles. The van der Waals surface area contributed by atoms with Gasteiger partial charge in [-0.1, -0.05) is 36.0 Å². The summed E-state index contributed by atoms with van der Waals surface area (Å²) in [5.74, 6) is 0.178. The Balaban J connectivity index is 1.94. The third-order valence-electron chi connectivity index (χ3n) is 3.03. The quantitative estimate of drug-likeness (QED) is 0.664. The van der Waals surface area contributed by atoms with Crippen LogP contribution in [-0.4, -0.2) is 12.1 Å². The molecular formula is C13H14Cl2N2O. The van der Waals surface area contributed by atoms with E-state index >= 15 is 0 Å². The van der Waals surface area contributed by atoms with E-state index in [-0.39, 0.29) is 5.91 Å². The lowest BCUT2D eigenvalue weighted by Gasteiger charge is -2.04. The van der Waals surface area contributed by atoms with Crippen molar-refractivity contribution in [3.05, 3.63) is 33.8 Å². The summed E-state index contributed by atoms with van der Waals surface area (Å²) in [5, 5.41) is 4.81. The van der Waals surface area contributed by atoms with Crippen molar-refractivity contribution in [1.29, 1.82) is 0 Å². The molecule has 2 rings (SSSR count). The monoisotopic (exact) mass is 284 g/mol. The van der Waals surface area contributed by atoms with Crippen molar-refractivity contribution in [1.82, 2.24) is 5.43 Å². The molecule has 5 heteroatoms. The van der Waals surface area contributed by atoms with Gasteiger partial charge in [0.1, 0.15) is 0 Å². The summed E-state index contributed by atoms with van der Waals surface area (Å²) in [4.78, 5) is 11.8. The third kappa shape index (κ3) is 3.47. The molecule has 96 valence electrons. The van der Waals surface area contributed by atoms with E-state index in [2.05, 4.69) is 10.5 Å². The zero-order valence-electron chi connectivity index (χ0n) is 9.83. The summed E-state index contributed by atoms with van der Waals surface area (Å²) >= 11 is 11.7. The smallest absolute Gasteiger partial charge is 0.267 e. The van der Waals surface area contributed by atoms with Crippen LogP contribution in [-0.2, 0) is 0 Å². The Labute approximate surface area is 116 Å². The molecule has 18 heavy (non-hydrogen) atoms. The Morgan fingerprint density at radius 2 is 2.06 bits per heavy atom. The summed E-state index contributed by atoms with van der Waals surface area (Å²) in [6, 6.07) is 4.76. The molecule has 1 fully saturated rings. The minimum absolute atomic E-state index is 0.314. The van der Waals surface area contributed by atoms with Gasteiger partial charge in [0.05, 0.1) is 10.6 Å². The Kier molecular flexibility index (Phi) is 4.61. The molecule has 0 spiro atoms. The summed E-state index contributed by atoms with van der Waals surface area (Å²) in [6.45, 7) is 0. The van der Waals surface area contributed by atoms with E-state index in [0.717, 1.165) is 12.8 Å². The fourth-order valence-corrected chi connectivity index (χ4v) is 2.54. The molecule has 1 aliphatic rings. The average Bonchev–Trinajstić information content (AvgIpc) is 2.81. The first-order chi connectivity index (χ1) is 8.66. The van der Waals surface area contributed by atoms with Gasteiger partial charge in [0.25, 0.3) is 5.91 Å². The molecular weight excluding hydrogens is 271 g/mol. The van der Waals surface area contributed by atoms with Crippen LogP contribution in [0.4, 0.5) is 0 Å². The number of carbonyl (C=O) groups excluding carboxylic acids is 1. The first-order valence-corrected chi connectivity index (χ1v) is 6.71. The van der Waals surface area contributed by atoms with E-state index in [4.69, 9.17) is 23.2 Å². The molecule has 0 aromatic heterocycles. The van der Waals surface area contributed by atoms with Crippen molar-refractivity contribution in [3.63, 3.8) is 0 Å². The molecule has 0 aliphatic heterocycles. The highest BCUT2D eigenvalue weighted by Crippen LogP contribution is 2.23. The minimum Gasteiger partial charge on any atom is -0.267 e. The minimum atomic E-state index is -0.314. The van der Waals surface area contributed by atoms with E-state index in [9.17, 15) is 4.79 Å². The highest BCUT2D eigenvalue weighted by Gasteiger charge is 2.13. The van der Waals surface area contributed by atoms with Gasteiger partial charge in [0.2, 0.25) is 0 Å². The van der Waals surface area contributed by atoms with Crippen LogP contribution in [0, 0.1) is 5.92 Å². The Bertz CT molecular complexity index is 468. The molecule has 1 aliphatic carbocycles. The first kappa shape index (κ1) is 13.4. The van der Waals surface area contributed by atoms with E-state index in [1.807, 2.05) is 6.21 Å². The van der Waals surface area contributed by atoms with E-state index in [1.165, 1.54) is 12.8 Å². The van der Waals surface area contributed by atoms with Crippen LogP contribution in [0.2, 0.25) is 10.0 Å². The van der Waals surface area contributed by atoms with Crippen LogP contribution in [0.1, 0.15) is 36.0 Å². The molecule has 1 N–H and O–H groups in total. The van der Waals surface area contributed by atoms with Gasteiger partial charge in [-0.3, -0.25) is 4.79 Å². The number of nitrogens with one attached hydrogen (secondary N) is 1. The summed E-state index contributed by atoms with van der Waals surface area (Å²) in [6.07, 6.45) is 6.61. The average molecular weight is 285 g/mol. The van der Waals surface area contributed by atoms with Crippen LogP contribution < -0.4 is 5.43 Å². The molecule has 0 unspecified atom stereocenters. The van der Waals surface area contributed by atoms with Gasteiger partial charge in [0, 0.05) is 11.2 Å². The largest absolute Gasteiger partial charge is 0.272 e. The van der Waals surface area contributed by atoms with Gasteiger partial charge in [-0.15, -0.1) is 0 Å². The molecule has 0 radical (unpaired) electrons. The maximum absolute atomic E-state index is 11.8. The summed E-state index contributed by atoms with van der Waals surface area (Å²) in [5.41, 5.74) is 2.87.